The summed E-state index contributed by atoms with van der Waals surface area (Å²) in [6.07, 6.45) is 0. The Hall–Kier alpha value is -0.970. The van der Waals surface area contributed by atoms with Crippen molar-refractivity contribution in [3.05, 3.63) is 0 Å². The molecule has 38 heavy (non-hydrogen) atoms. The van der Waals surface area contributed by atoms with Crippen molar-refractivity contribution in [1.82, 2.24) is 0 Å². The molecular formula is C25H50O13. The minimum absolute atomic E-state index is 0.260. The van der Waals surface area contributed by atoms with Crippen molar-refractivity contribution in [1.29, 1.82) is 0 Å². The van der Waals surface area contributed by atoms with Gasteiger partial charge in [-0.1, -0.05) is 0 Å². The first kappa shape index (κ1) is 37.0. The second kappa shape index (κ2) is 34.1. The Morgan fingerprint density at radius 1 is 0.342 bits per heavy atom. The molecule has 0 aliphatic carbocycles. The fraction of sp³-hybridized carbons (Fsp3) is 0.960. The molecule has 0 atom stereocenters. The molecule has 0 aromatic heterocycles. The lowest BCUT2D eigenvalue weighted by Crippen LogP contribution is -2.15. The molecule has 13 nitrogen and oxygen atoms in total. The fourth-order valence-electron chi connectivity index (χ4n) is 2.47. The Morgan fingerprint density at radius 2 is 0.526 bits per heavy atom. The third kappa shape index (κ3) is 35.0. The van der Waals surface area contributed by atoms with Gasteiger partial charge in [0.25, 0.3) is 0 Å². The quantitative estimate of drug-likeness (QED) is 0.0813. The average molecular weight is 559 g/mol. The van der Waals surface area contributed by atoms with Gasteiger partial charge in [0.05, 0.1) is 139 Å². The Bertz CT molecular complexity index is 457. The summed E-state index contributed by atoms with van der Waals surface area (Å²) in [5.41, 5.74) is 0. The van der Waals surface area contributed by atoms with E-state index >= 15 is 0 Å². The van der Waals surface area contributed by atoms with E-state index in [1.165, 1.54) is 6.92 Å². The summed E-state index contributed by atoms with van der Waals surface area (Å²) < 4.78 is 63.5. The lowest BCUT2D eigenvalue weighted by Gasteiger charge is -2.09. The second-order valence-corrected chi connectivity index (χ2v) is 7.46. The minimum atomic E-state index is -0.310. The van der Waals surface area contributed by atoms with Crippen molar-refractivity contribution in [2.24, 2.45) is 0 Å². The summed E-state index contributed by atoms with van der Waals surface area (Å²) >= 11 is 0. The maximum absolute atomic E-state index is 10.6. The third-order valence-corrected chi connectivity index (χ3v) is 4.31. The second-order valence-electron chi connectivity index (χ2n) is 7.46. The predicted molar refractivity (Wildman–Crippen MR) is 137 cm³/mol. The van der Waals surface area contributed by atoms with Crippen molar-refractivity contribution < 1.29 is 61.6 Å². The van der Waals surface area contributed by atoms with Crippen LogP contribution >= 0.6 is 0 Å². The summed E-state index contributed by atoms with van der Waals surface area (Å²) in [6.45, 7) is 12.3. The van der Waals surface area contributed by atoms with E-state index < -0.39 is 0 Å². The number of carbonyl (C=O) groups excluding carboxylic acids is 1. The molecule has 0 heterocycles. The number of esters is 1. The van der Waals surface area contributed by atoms with Crippen LogP contribution in [0.25, 0.3) is 0 Å². The summed E-state index contributed by atoms with van der Waals surface area (Å²) in [4.78, 5) is 10.6. The molecule has 0 saturated carbocycles. The number of hydrogen-bond donors (Lipinski definition) is 0. The average Bonchev–Trinajstić information content (AvgIpc) is 2.91. The molecule has 0 aromatic rings. The van der Waals surface area contributed by atoms with Crippen molar-refractivity contribution in [2.75, 3.05) is 152 Å². The molecule has 0 aromatic carbocycles. The van der Waals surface area contributed by atoms with E-state index in [4.69, 9.17) is 56.8 Å². The van der Waals surface area contributed by atoms with Crippen LogP contribution in [0.1, 0.15) is 6.92 Å². The van der Waals surface area contributed by atoms with E-state index in [1.807, 2.05) is 0 Å². The summed E-state index contributed by atoms with van der Waals surface area (Å²) in [6, 6.07) is 0. The summed E-state index contributed by atoms with van der Waals surface area (Å²) in [7, 11) is 1.64. The van der Waals surface area contributed by atoms with Gasteiger partial charge < -0.3 is 56.8 Å². The van der Waals surface area contributed by atoms with Crippen LogP contribution in [0.3, 0.4) is 0 Å². The largest absolute Gasteiger partial charge is 0.463 e. The predicted octanol–water partition coefficient (Wildman–Crippen LogP) is 0.362. The van der Waals surface area contributed by atoms with Crippen molar-refractivity contribution in [3.63, 3.8) is 0 Å². The molecule has 0 fully saturated rings. The highest BCUT2D eigenvalue weighted by Gasteiger charge is 1.96. The molecule has 0 N–H and O–H groups in total. The normalized spacial score (nSPS) is 11.3. The standard InChI is InChI=1S/C25H50O13/c1-25(26)38-24-23-37-22-21-36-20-19-35-18-17-34-16-15-33-14-13-32-12-11-31-10-9-30-8-7-29-6-5-28-4-3-27-2/h3-24H2,1-2H3. The smallest absolute Gasteiger partial charge is 0.302 e. The maximum Gasteiger partial charge on any atom is 0.302 e. The Morgan fingerprint density at radius 3 is 0.711 bits per heavy atom. The number of rotatable bonds is 33. The highest BCUT2D eigenvalue weighted by atomic mass is 16.6. The maximum atomic E-state index is 10.6. The molecule has 0 radical (unpaired) electrons. The van der Waals surface area contributed by atoms with Crippen LogP contribution in [-0.4, -0.2) is 158 Å². The van der Waals surface area contributed by atoms with Crippen LogP contribution in [0.2, 0.25) is 0 Å². The van der Waals surface area contributed by atoms with Gasteiger partial charge in [-0.05, 0) is 0 Å². The molecule has 0 rings (SSSR count). The van der Waals surface area contributed by atoms with Gasteiger partial charge in [0.2, 0.25) is 0 Å². The number of hydrogen-bond acceptors (Lipinski definition) is 13. The molecule has 0 saturated heterocycles. The zero-order valence-electron chi connectivity index (χ0n) is 23.4. The van der Waals surface area contributed by atoms with Gasteiger partial charge in [0.1, 0.15) is 6.61 Å². The molecule has 0 amide bonds. The van der Waals surface area contributed by atoms with Crippen LogP contribution in [0, 0.1) is 0 Å². The highest BCUT2D eigenvalue weighted by molar-refractivity contribution is 5.65. The molecule has 0 unspecified atom stereocenters. The van der Waals surface area contributed by atoms with E-state index in [0.29, 0.717) is 139 Å². The van der Waals surface area contributed by atoms with Crippen molar-refractivity contribution in [2.45, 2.75) is 6.92 Å². The molecular weight excluding hydrogens is 508 g/mol. The lowest BCUT2D eigenvalue weighted by molar-refractivity contribution is -0.142. The molecule has 228 valence electrons. The van der Waals surface area contributed by atoms with E-state index in [9.17, 15) is 4.79 Å². The first-order valence-corrected chi connectivity index (χ1v) is 13.2. The van der Waals surface area contributed by atoms with Gasteiger partial charge in [-0.15, -0.1) is 0 Å². The minimum Gasteiger partial charge on any atom is -0.463 e. The van der Waals surface area contributed by atoms with E-state index in [-0.39, 0.29) is 12.6 Å². The number of methoxy groups -OCH3 is 1. The van der Waals surface area contributed by atoms with Crippen LogP contribution in [-0.2, 0) is 61.6 Å². The third-order valence-electron chi connectivity index (χ3n) is 4.31. The molecule has 0 spiro atoms. The highest BCUT2D eigenvalue weighted by Crippen LogP contribution is 1.87. The monoisotopic (exact) mass is 558 g/mol. The van der Waals surface area contributed by atoms with Gasteiger partial charge >= 0.3 is 5.97 Å². The molecule has 0 aliphatic rings. The lowest BCUT2D eigenvalue weighted by atomic mass is 10.6. The zero-order chi connectivity index (χ0) is 27.6. The van der Waals surface area contributed by atoms with Crippen molar-refractivity contribution >= 4 is 5.97 Å². The molecule has 0 bridgehead atoms. The number of ether oxygens (including phenoxy) is 12. The van der Waals surface area contributed by atoms with Crippen LogP contribution in [0.4, 0.5) is 0 Å². The van der Waals surface area contributed by atoms with E-state index in [2.05, 4.69) is 0 Å². The Balaban J connectivity index is 3.02. The summed E-state index contributed by atoms with van der Waals surface area (Å²) in [5.74, 6) is -0.310. The molecule has 0 aliphatic heterocycles. The zero-order valence-corrected chi connectivity index (χ0v) is 23.4. The number of carbonyl (C=O) groups is 1. The summed E-state index contributed by atoms with van der Waals surface area (Å²) in [5, 5.41) is 0. The van der Waals surface area contributed by atoms with Gasteiger partial charge in [0, 0.05) is 14.0 Å². The topological polar surface area (TPSA) is 128 Å². The first-order valence-electron chi connectivity index (χ1n) is 13.2. The van der Waals surface area contributed by atoms with Gasteiger partial charge in [-0.25, -0.2) is 0 Å². The Labute approximate surface area is 227 Å². The van der Waals surface area contributed by atoms with Crippen molar-refractivity contribution in [3.8, 4) is 0 Å². The van der Waals surface area contributed by atoms with E-state index in [1.54, 1.807) is 7.11 Å². The SMILES string of the molecule is COCCOCCOCCOCCOCCOCCOCCOCCOCCOCCOCCOC(C)=O. The first-order chi connectivity index (χ1) is 18.8. The van der Waals surface area contributed by atoms with Gasteiger partial charge in [0.15, 0.2) is 0 Å². The van der Waals surface area contributed by atoms with Crippen LogP contribution < -0.4 is 0 Å². The molecule has 13 heteroatoms. The fourth-order valence-corrected chi connectivity index (χ4v) is 2.47. The van der Waals surface area contributed by atoms with Gasteiger partial charge in [-0.2, -0.15) is 0 Å². The van der Waals surface area contributed by atoms with Crippen LogP contribution in [0.5, 0.6) is 0 Å². The van der Waals surface area contributed by atoms with Crippen LogP contribution in [0.15, 0.2) is 0 Å². The Kier molecular flexibility index (Phi) is 33.2. The van der Waals surface area contributed by atoms with Gasteiger partial charge in [-0.3, -0.25) is 4.79 Å². The van der Waals surface area contributed by atoms with E-state index in [0.717, 1.165) is 0 Å².